The Hall–Kier alpha value is -2.67. The lowest BCUT2D eigenvalue weighted by molar-refractivity contribution is -0.124. The zero-order chi connectivity index (χ0) is 19.1. The summed E-state index contributed by atoms with van der Waals surface area (Å²) in [7, 11) is 0. The van der Waals surface area contributed by atoms with Crippen LogP contribution in [0.1, 0.15) is 29.5 Å². The fourth-order valence-electron chi connectivity index (χ4n) is 2.17. The lowest BCUT2D eigenvalue weighted by atomic mass is 10.1. The normalized spacial score (nSPS) is 10.7. The molecule has 2 rings (SSSR count). The van der Waals surface area contributed by atoms with E-state index in [1.807, 2.05) is 32.0 Å². The van der Waals surface area contributed by atoms with Crippen LogP contribution in [-0.2, 0) is 9.59 Å². The Balaban J connectivity index is 1.81. The van der Waals surface area contributed by atoms with Gasteiger partial charge >= 0.3 is 0 Å². The molecule has 0 aliphatic heterocycles. The smallest absolute Gasteiger partial charge is 0.240 e. The molecule has 0 heterocycles. The van der Waals surface area contributed by atoms with Gasteiger partial charge in [-0.15, -0.1) is 0 Å². The number of hydrogen-bond donors (Lipinski definition) is 3. The average molecular weight is 418 g/mol. The maximum Gasteiger partial charge on any atom is 0.240 e. The second-order valence-corrected chi connectivity index (χ2v) is 6.78. The molecular weight excluding hydrogens is 398 g/mol. The van der Waals surface area contributed by atoms with Crippen molar-refractivity contribution in [2.24, 2.45) is 5.10 Å². The molecule has 3 N–H and O–H groups in total. The number of halogens is 1. The lowest BCUT2D eigenvalue weighted by Crippen LogP contribution is -2.21. The number of aromatic hydroxyl groups is 1. The molecule has 0 aliphatic carbocycles. The lowest BCUT2D eigenvalue weighted by Gasteiger charge is -2.09. The van der Waals surface area contributed by atoms with Crippen molar-refractivity contribution in [1.29, 1.82) is 0 Å². The molecule has 0 unspecified atom stereocenters. The first-order valence-corrected chi connectivity index (χ1v) is 8.82. The van der Waals surface area contributed by atoms with Crippen molar-refractivity contribution < 1.29 is 14.7 Å². The van der Waals surface area contributed by atoms with Crippen LogP contribution in [0.4, 0.5) is 5.69 Å². The van der Waals surface area contributed by atoms with Crippen molar-refractivity contribution >= 4 is 39.6 Å². The van der Waals surface area contributed by atoms with Crippen LogP contribution in [0.3, 0.4) is 0 Å². The number of hydrogen-bond acceptors (Lipinski definition) is 4. The van der Waals surface area contributed by atoms with Crippen molar-refractivity contribution in [2.45, 2.75) is 26.7 Å². The van der Waals surface area contributed by atoms with Crippen LogP contribution in [0, 0.1) is 13.8 Å². The Morgan fingerprint density at radius 2 is 1.85 bits per heavy atom. The van der Waals surface area contributed by atoms with Gasteiger partial charge in [0.2, 0.25) is 11.8 Å². The van der Waals surface area contributed by atoms with E-state index >= 15 is 0 Å². The Kier molecular flexibility index (Phi) is 6.91. The molecule has 6 nitrogen and oxygen atoms in total. The molecule has 0 radical (unpaired) electrons. The van der Waals surface area contributed by atoms with Crippen LogP contribution in [0.2, 0.25) is 0 Å². The minimum Gasteiger partial charge on any atom is -0.507 e. The summed E-state index contributed by atoms with van der Waals surface area (Å²) in [6.07, 6.45) is 1.41. The highest BCUT2D eigenvalue weighted by Gasteiger charge is 2.08. The van der Waals surface area contributed by atoms with E-state index in [1.54, 1.807) is 12.1 Å². The zero-order valence-electron chi connectivity index (χ0n) is 14.5. The van der Waals surface area contributed by atoms with Gasteiger partial charge in [0, 0.05) is 28.6 Å². The highest BCUT2D eigenvalue weighted by molar-refractivity contribution is 9.10. The van der Waals surface area contributed by atoms with Crippen LogP contribution in [-0.4, -0.2) is 23.1 Å². The number of anilines is 1. The molecule has 26 heavy (non-hydrogen) atoms. The molecule has 0 spiro atoms. The predicted octanol–water partition coefficient (Wildman–Crippen LogP) is 3.64. The standard InChI is InChI=1S/C19H20BrN3O3/c1-12-3-4-13(2)16(9-12)22-18(25)7-8-19(26)23-21-11-14-10-15(20)5-6-17(14)24/h3-6,9-11,24H,7-8H2,1-2H3,(H,22,25)(H,23,26)/b21-11+. The van der Waals surface area contributed by atoms with Crippen molar-refractivity contribution in [3.63, 3.8) is 0 Å². The fraction of sp³-hybridized carbons (Fsp3) is 0.211. The number of carbonyl (C=O) groups is 2. The largest absolute Gasteiger partial charge is 0.507 e. The Labute approximate surface area is 160 Å². The van der Waals surface area contributed by atoms with Gasteiger partial charge in [-0.2, -0.15) is 5.10 Å². The average Bonchev–Trinajstić information content (AvgIpc) is 2.59. The zero-order valence-corrected chi connectivity index (χ0v) is 16.1. The fourth-order valence-corrected chi connectivity index (χ4v) is 2.55. The molecule has 0 saturated heterocycles. The first-order valence-electron chi connectivity index (χ1n) is 8.02. The van der Waals surface area contributed by atoms with Crippen LogP contribution >= 0.6 is 15.9 Å². The maximum absolute atomic E-state index is 12.0. The molecule has 0 aromatic heterocycles. The van der Waals surface area contributed by atoms with Gasteiger partial charge in [0.25, 0.3) is 0 Å². The summed E-state index contributed by atoms with van der Waals surface area (Å²) in [4.78, 5) is 23.8. The number of amides is 2. The summed E-state index contributed by atoms with van der Waals surface area (Å²) in [6, 6.07) is 10.7. The monoisotopic (exact) mass is 417 g/mol. The number of phenols is 1. The highest BCUT2D eigenvalue weighted by atomic mass is 79.9. The molecular formula is C19H20BrN3O3. The first-order chi connectivity index (χ1) is 12.3. The Morgan fingerprint density at radius 1 is 1.12 bits per heavy atom. The quantitative estimate of drug-likeness (QED) is 0.494. The Morgan fingerprint density at radius 3 is 2.62 bits per heavy atom. The molecule has 7 heteroatoms. The van der Waals surface area contributed by atoms with Crippen LogP contribution in [0.25, 0.3) is 0 Å². The van der Waals surface area contributed by atoms with E-state index in [-0.39, 0.29) is 30.4 Å². The van der Waals surface area contributed by atoms with Gasteiger partial charge in [-0.1, -0.05) is 28.1 Å². The number of nitrogens with zero attached hydrogens (tertiary/aromatic N) is 1. The first kappa shape index (κ1) is 19.7. The van der Waals surface area contributed by atoms with Crippen molar-refractivity contribution in [3.05, 3.63) is 57.6 Å². The van der Waals surface area contributed by atoms with Crippen LogP contribution in [0.15, 0.2) is 46.0 Å². The molecule has 2 amide bonds. The number of nitrogens with one attached hydrogen (secondary N) is 2. The number of rotatable bonds is 6. The third-order valence-corrected chi connectivity index (χ3v) is 4.12. The summed E-state index contributed by atoms with van der Waals surface area (Å²) >= 11 is 3.29. The highest BCUT2D eigenvalue weighted by Crippen LogP contribution is 2.20. The van der Waals surface area contributed by atoms with Crippen LogP contribution in [0.5, 0.6) is 5.75 Å². The summed E-state index contributed by atoms with van der Waals surface area (Å²) in [6.45, 7) is 3.86. The molecule has 0 atom stereocenters. The van der Waals surface area contributed by atoms with E-state index in [0.717, 1.165) is 21.3 Å². The molecule has 0 saturated carbocycles. The summed E-state index contributed by atoms with van der Waals surface area (Å²) in [5, 5.41) is 16.3. The number of phenolic OH excluding ortho intramolecular Hbond substituents is 1. The topological polar surface area (TPSA) is 90.8 Å². The van der Waals surface area contributed by atoms with E-state index < -0.39 is 0 Å². The van der Waals surface area contributed by atoms with Gasteiger partial charge in [-0.3, -0.25) is 9.59 Å². The summed E-state index contributed by atoms with van der Waals surface area (Å²) in [5.41, 5.74) is 5.57. The number of benzene rings is 2. The maximum atomic E-state index is 12.0. The van der Waals surface area contributed by atoms with Gasteiger partial charge in [0.1, 0.15) is 5.75 Å². The van der Waals surface area contributed by atoms with Gasteiger partial charge in [-0.05, 0) is 49.2 Å². The predicted molar refractivity (Wildman–Crippen MR) is 105 cm³/mol. The summed E-state index contributed by atoms with van der Waals surface area (Å²) < 4.78 is 0.784. The van der Waals surface area contributed by atoms with Gasteiger partial charge in [0.05, 0.1) is 6.21 Å². The third kappa shape index (κ3) is 6.00. The van der Waals surface area contributed by atoms with E-state index in [9.17, 15) is 14.7 Å². The molecule has 0 fully saturated rings. The van der Waals surface area contributed by atoms with E-state index in [1.165, 1.54) is 12.3 Å². The van der Waals surface area contributed by atoms with E-state index in [2.05, 4.69) is 31.8 Å². The Bertz CT molecular complexity index is 850. The van der Waals surface area contributed by atoms with Crippen molar-refractivity contribution in [1.82, 2.24) is 5.43 Å². The number of aryl methyl sites for hydroxylation is 2. The molecule has 2 aromatic carbocycles. The van der Waals surface area contributed by atoms with E-state index in [0.29, 0.717) is 5.56 Å². The van der Waals surface area contributed by atoms with Gasteiger partial charge < -0.3 is 10.4 Å². The molecule has 0 bridgehead atoms. The minimum absolute atomic E-state index is 0.0124. The number of carbonyl (C=O) groups excluding carboxylic acids is 2. The van der Waals surface area contributed by atoms with Crippen molar-refractivity contribution in [2.75, 3.05) is 5.32 Å². The third-order valence-electron chi connectivity index (χ3n) is 3.63. The second kappa shape index (κ2) is 9.15. The van der Waals surface area contributed by atoms with Crippen molar-refractivity contribution in [3.8, 4) is 5.75 Å². The summed E-state index contributed by atoms with van der Waals surface area (Å²) in [5.74, 6) is -0.562. The van der Waals surface area contributed by atoms with E-state index in [4.69, 9.17) is 0 Å². The number of hydrazone groups is 1. The molecule has 2 aromatic rings. The van der Waals surface area contributed by atoms with Gasteiger partial charge in [0.15, 0.2) is 0 Å². The van der Waals surface area contributed by atoms with Gasteiger partial charge in [-0.25, -0.2) is 5.43 Å². The minimum atomic E-state index is -0.383. The molecule has 136 valence electrons. The molecule has 0 aliphatic rings. The SMILES string of the molecule is Cc1ccc(C)c(NC(=O)CCC(=O)N/N=C/c2cc(Br)ccc2O)c1. The van der Waals surface area contributed by atoms with Crippen LogP contribution < -0.4 is 10.7 Å². The second-order valence-electron chi connectivity index (χ2n) is 5.86.